The van der Waals surface area contributed by atoms with Gasteiger partial charge in [0.05, 0.1) is 0 Å². The Kier molecular flexibility index (Phi) is 5.26. The summed E-state index contributed by atoms with van der Waals surface area (Å²) < 4.78 is 5.47. The number of likely N-dealkylation sites (tertiary alicyclic amines) is 1. The third kappa shape index (κ3) is 4.70. The van der Waals surface area contributed by atoms with Crippen molar-refractivity contribution in [3.05, 3.63) is 42.1 Å². The van der Waals surface area contributed by atoms with Crippen molar-refractivity contribution < 1.29 is 9.53 Å². The Morgan fingerprint density at radius 3 is 2.37 bits per heavy atom. The van der Waals surface area contributed by atoms with Crippen molar-refractivity contribution in [2.75, 3.05) is 24.6 Å². The minimum atomic E-state index is -0.469. The first-order valence-electron chi connectivity index (χ1n) is 9.32. The van der Waals surface area contributed by atoms with E-state index >= 15 is 0 Å². The Bertz CT molecular complexity index is 804. The Balaban J connectivity index is 1.71. The van der Waals surface area contributed by atoms with Crippen LogP contribution in [-0.2, 0) is 4.74 Å². The van der Waals surface area contributed by atoms with Crippen LogP contribution in [0.5, 0.6) is 0 Å². The molecule has 1 aliphatic rings. The van der Waals surface area contributed by atoms with Gasteiger partial charge in [-0.2, -0.15) is 0 Å². The van der Waals surface area contributed by atoms with Crippen molar-refractivity contribution in [2.24, 2.45) is 0 Å². The maximum atomic E-state index is 12.2. The second-order valence-electron chi connectivity index (χ2n) is 8.07. The molecule has 1 fully saturated rings. The van der Waals surface area contributed by atoms with Crippen LogP contribution in [0.15, 0.2) is 36.5 Å². The smallest absolute Gasteiger partial charge is 0.410 e. The molecule has 6 heteroatoms. The van der Waals surface area contributed by atoms with E-state index in [-0.39, 0.29) is 6.09 Å². The first-order chi connectivity index (χ1) is 12.7. The van der Waals surface area contributed by atoms with E-state index in [2.05, 4.69) is 11.1 Å². The number of carbonyl (C=O) groups excluding carboxylic acids is 1. The summed E-state index contributed by atoms with van der Waals surface area (Å²) in [6.07, 6.45) is 3.38. The van der Waals surface area contributed by atoms with Gasteiger partial charge in [-0.1, -0.05) is 12.1 Å². The van der Waals surface area contributed by atoms with Crippen LogP contribution in [0.2, 0.25) is 0 Å². The molecule has 2 heterocycles. The number of nitrogens with zero attached hydrogens (tertiary/aromatic N) is 2. The number of benzene rings is 1. The average Bonchev–Trinajstić information content (AvgIpc) is 2.62. The maximum Gasteiger partial charge on any atom is 0.410 e. The molecule has 0 aliphatic carbocycles. The van der Waals surface area contributed by atoms with Gasteiger partial charge >= 0.3 is 6.09 Å². The third-order valence-corrected chi connectivity index (χ3v) is 4.78. The van der Waals surface area contributed by atoms with E-state index in [4.69, 9.17) is 16.2 Å². The van der Waals surface area contributed by atoms with Crippen molar-refractivity contribution in [1.29, 1.82) is 0 Å². The molecular weight excluding hydrogens is 340 g/mol. The fourth-order valence-electron chi connectivity index (χ4n) is 3.33. The molecule has 0 spiro atoms. The maximum absolute atomic E-state index is 12.2. The zero-order chi connectivity index (χ0) is 19.6. The summed E-state index contributed by atoms with van der Waals surface area (Å²) >= 11 is 0. The van der Waals surface area contributed by atoms with Crippen LogP contribution in [-0.4, -0.2) is 34.7 Å². The number of aromatic nitrogens is 1. The summed E-state index contributed by atoms with van der Waals surface area (Å²) in [4.78, 5) is 18.4. The molecule has 144 valence electrons. The number of nitrogens with two attached hydrogens (primary N) is 2. The second-order valence-corrected chi connectivity index (χ2v) is 8.07. The van der Waals surface area contributed by atoms with Gasteiger partial charge in [0.15, 0.2) is 0 Å². The Labute approximate surface area is 160 Å². The lowest BCUT2D eigenvalue weighted by Crippen LogP contribution is -2.41. The van der Waals surface area contributed by atoms with Crippen LogP contribution in [0.1, 0.15) is 45.1 Å². The molecule has 0 atom stereocenters. The predicted molar refractivity (Wildman–Crippen MR) is 108 cm³/mol. The molecule has 2 aromatic rings. The van der Waals surface area contributed by atoms with Crippen LogP contribution < -0.4 is 11.5 Å². The lowest BCUT2D eigenvalue weighted by Gasteiger charge is -2.33. The molecule has 3 rings (SSSR count). The molecule has 0 saturated carbocycles. The van der Waals surface area contributed by atoms with Crippen LogP contribution in [0.25, 0.3) is 11.1 Å². The normalized spacial score (nSPS) is 15.6. The standard InChI is InChI=1S/C21H28N4O2/c1-21(2,3)27-20(26)25-10-8-14(9-11-25)16-12-18(19(23)24-13-16)15-4-6-17(22)7-5-15/h4-7,12-14H,8-11,22H2,1-3H3,(H2,23,24). The summed E-state index contributed by atoms with van der Waals surface area (Å²) in [7, 11) is 0. The molecule has 0 unspecified atom stereocenters. The molecule has 1 aromatic heterocycles. The number of ether oxygens (including phenoxy) is 1. The van der Waals surface area contributed by atoms with Gasteiger partial charge in [-0.15, -0.1) is 0 Å². The zero-order valence-corrected chi connectivity index (χ0v) is 16.2. The number of anilines is 2. The molecule has 6 nitrogen and oxygen atoms in total. The molecule has 1 aromatic carbocycles. The summed E-state index contributed by atoms with van der Waals surface area (Å²) in [6.45, 7) is 7.02. The molecule has 1 saturated heterocycles. The molecule has 4 N–H and O–H groups in total. The van der Waals surface area contributed by atoms with Crippen LogP contribution in [0.4, 0.5) is 16.3 Å². The first-order valence-corrected chi connectivity index (χ1v) is 9.32. The highest BCUT2D eigenvalue weighted by Gasteiger charge is 2.27. The molecule has 27 heavy (non-hydrogen) atoms. The largest absolute Gasteiger partial charge is 0.444 e. The number of hydrogen-bond donors (Lipinski definition) is 2. The summed E-state index contributed by atoms with van der Waals surface area (Å²) in [6, 6.07) is 9.75. The van der Waals surface area contributed by atoms with Gasteiger partial charge in [0, 0.05) is 30.5 Å². The van der Waals surface area contributed by atoms with E-state index in [1.807, 2.05) is 51.2 Å². The average molecular weight is 368 g/mol. The van der Waals surface area contributed by atoms with Gasteiger partial charge in [-0.25, -0.2) is 9.78 Å². The minimum absolute atomic E-state index is 0.237. The van der Waals surface area contributed by atoms with E-state index < -0.39 is 5.60 Å². The van der Waals surface area contributed by atoms with Crippen molar-refractivity contribution in [2.45, 2.75) is 45.1 Å². The number of carbonyl (C=O) groups is 1. The van der Waals surface area contributed by atoms with Gasteiger partial charge in [0.2, 0.25) is 0 Å². The predicted octanol–water partition coefficient (Wildman–Crippen LogP) is 4.03. The molecular formula is C21H28N4O2. The van der Waals surface area contributed by atoms with Gasteiger partial charge in [0.25, 0.3) is 0 Å². The quantitative estimate of drug-likeness (QED) is 0.781. The number of hydrogen-bond acceptors (Lipinski definition) is 5. The Morgan fingerprint density at radius 2 is 1.78 bits per heavy atom. The molecule has 1 aliphatic heterocycles. The fraction of sp³-hybridized carbons (Fsp3) is 0.429. The highest BCUT2D eigenvalue weighted by atomic mass is 16.6. The van der Waals surface area contributed by atoms with Gasteiger partial charge in [-0.05, 0) is 68.9 Å². The van der Waals surface area contributed by atoms with Gasteiger partial charge in [-0.3, -0.25) is 0 Å². The lowest BCUT2D eigenvalue weighted by molar-refractivity contribution is 0.0205. The van der Waals surface area contributed by atoms with E-state index in [1.165, 1.54) is 0 Å². The van der Waals surface area contributed by atoms with E-state index in [9.17, 15) is 4.79 Å². The Hall–Kier alpha value is -2.76. The zero-order valence-electron chi connectivity index (χ0n) is 16.2. The van der Waals surface area contributed by atoms with E-state index in [1.54, 1.807) is 4.90 Å². The van der Waals surface area contributed by atoms with Gasteiger partial charge in [0.1, 0.15) is 11.4 Å². The summed E-state index contributed by atoms with van der Waals surface area (Å²) in [5.41, 5.74) is 15.2. The SMILES string of the molecule is CC(C)(C)OC(=O)N1CCC(c2cnc(N)c(-c3ccc(N)cc3)c2)CC1. The topological polar surface area (TPSA) is 94.5 Å². The van der Waals surface area contributed by atoms with Crippen LogP contribution in [0.3, 0.4) is 0 Å². The fourth-order valence-corrected chi connectivity index (χ4v) is 3.33. The molecule has 1 amide bonds. The number of piperidine rings is 1. The van der Waals surface area contributed by atoms with Gasteiger partial charge < -0.3 is 21.1 Å². The van der Waals surface area contributed by atoms with Crippen molar-refractivity contribution in [1.82, 2.24) is 9.88 Å². The van der Waals surface area contributed by atoms with Crippen molar-refractivity contribution in [3.8, 4) is 11.1 Å². The minimum Gasteiger partial charge on any atom is -0.444 e. The second kappa shape index (κ2) is 7.47. The number of pyridine rings is 1. The number of amides is 1. The van der Waals surface area contributed by atoms with Crippen molar-refractivity contribution in [3.63, 3.8) is 0 Å². The Morgan fingerprint density at radius 1 is 1.15 bits per heavy atom. The van der Waals surface area contributed by atoms with Crippen LogP contribution >= 0.6 is 0 Å². The van der Waals surface area contributed by atoms with Crippen LogP contribution in [0, 0.1) is 0 Å². The first kappa shape index (κ1) is 19.0. The number of nitrogen functional groups attached to an aromatic ring is 2. The van der Waals surface area contributed by atoms with E-state index in [0.29, 0.717) is 24.8 Å². The third-order valence-electron chi connectivity index (χ3n) is 4.78. The summed E-state index contributed by atoms with van der Waals surface area (Å²) in [5, 5.41) is 0. The lowest BCUT2D eigenvalue weighted by atomic mass is 9.89. The monoisotopic (exact) mass is 368 g/mol. The highest BCUT2D eigenvalue weighted by Crippen LogP contribution is 2.33. The van der Waals surface area contributed by atoms with E-state index in [0.717, 1.165) is 35.2 Å². The summed E-state index contributed by atoms with van der Waals surface area (Å²) in [5.74, 6) is 0.860. The molecule has 0 bridgehead atoms. The van der Waals surface area contributed by atoms with Crippen molar-refractivity contribution >= 4 is 17.6 Å². The molecule has 0 radical (unpaired) electrons. The number of rotatable bonds is 2. The highest BCUT2D eigenvalue weighted by molar-refractivity contribution is 5.75.